The van der Waals surface area contributed by atoms with Gasteiger partial charge in [-0.1, -0.05) is 0 Å². The molecule has 1 fully saturated rings. The van der Waals surface area contributed by atoms with Crippen molar-refractivity contribution in [2.75, 3.05) is 20.3 Å². The predicted octanol–water partition coefficient (Wildman–Crippen LogP) is 1.64. The number of benzene rings is 1. The van der Waals surface area contributed by atoms with Crippen molar-refractivity contribution in [1.82, 2.24) is 5.32 Å². The molecule has 1 heterocycles. The number of hydrogen-bond acceptors (Lipinski definition) is 4. The molecule has 1 aromatic carbocycles. The molecule has 24 heavy (non-hydrogen) atoms. The quantitative estimate of drug-likeness (QED) is 0.654. The molecule has 1 amide bonds. The van der Waals surface area contributed by atoms with Crippen molar-refractivity contribution in [2.24, 2.45) is 0 Å². The van der Waals surface area contributed by atoms with Gasteiger partial charge in [-0.25, -0.2) is 8.78 Å². The summed E-state index contributed by atoms with van der Waals surface area (Å²) in [5.74, 6) is -2.30. The van der Waals surface area contributed by atoms with E-state index in [9.17, 15) is 13.6 Å². The van der Waals surface area contributed by atoms with E-state index in [0.717, 1.165) is 12.1 Å². The van der Waals surface area contributed by atoms with Gasteiger partial charge in [-0.15, -0.1) is 0 Å². The zero-order valence-corrected chi connectivity index (χ0v) is 14.5. The van der Waals surface area contributed by atoms with Crippen LogP contribution in [0.3, 0.4) is 0 Å². The second-order valence-electron chi connectivity index (χ2n) is 6.69. The highest BCUT2D eigenvalue weighted by molar-refractivity contribution is 6.62. The van der Waals surface area contributed by atoms with Gasteiger partial charge >= 0.3 is 7.12 Å². The molecule has 1 aromatic rings. The summed E-state index contributed by atoms with van der Waals surface area (Å²) in [5.41, 5.74) is -1.78. The van der Waals surface area contributed by atoms with Gasteiger partial charge in [0.15, 0.2) is 0 Å². The van der Waals surface area contributed by atoms with E-state index in [4.69, 9.17) is 14.0 Å². The molecular formula is C16H22BF2NO4. The summed E-state index contributed by atoms with van der Waals surface area (Å²) < 4.78 is 44.9. The lowest BCUT2D eigenvalue weighted by Crippen LogP contribution is -2.41. The van der Waals surface area contributed by atoms with Crippen molar-refractivity contribution in [3.05, 3.63) is 29.3 Å². The van der Waals surface area contributed by atoms with Crippen LogP contribution in [0, 0.1) is 11.6 Å². The number of nitrogens with one attached hydrogen (secondary N) is 1. The van der Waals surface area contributed by atoms with Gasteiger partial charge in [0, 0.05) is 19.1 Å². The maximum Gasteiger partial charge on any atom is 0.497 e. The summed E-state index contributed by atoms with van der Waals surface area (Å²) in [4.78, 5) is 11.9. The molecular weight excluding hydrogens is 319 g/mol. The van der Waals surface area contributed by atoms with Crippen molar-refractivity contribution in [2.45, 2.75) is 38.9 Å². The molecule has 0 aromatic heterocycles. The van der Waals surface area contributed by atoms with E-state index >= 15 is 0 Å². The Kier molecular flexibility index (Phi) is 5.32. The number of methoxy groups -OCH3 is 1. The smallest absolute Gasteiger partial charge is 0.399 e. The molecule has 0 bridgehead atoms. The molecule has 1 saturated heterocycles. The van der Waals surface area contributed by atoms with Crippen LogP contribution in [0.15, 0.2) is 12.1 Å². The summed E-state index contributed by atoms with van der Waals surface area (Å²) in [7, 11) is 0.446. The molecule has 0 radical (unpaired) electrons. The van der Waals surface area contributed by atoms with Gasteiger partial charge in [-0.3, -0.25) is 4.79 Å². The fourth-order valence-corrected chi connectivity index (χ4v) is 2.25. The second-order valence-corrected chi connectivity index (χ2v) is 6.69. The lowest BCUT2D eigenvalue weighted by molar-refractivity contribution is 0.00578. The SMILES string of the molecule is COCCNC(=O)c1cc(F)c(B2OC(C)(C)C(C)(C)O2)cc1F. The number of amides is 1. The lowest BCUT2D eigenvalue weighted by Gasteiger charge is -2.32. The summed E-state index contributed by atoms with van der Waals surface area (Å²) in [6, 6.07) is 1.81. The molecule has 8 heteroatoms. The van der Waals surface area contributed by atoms with E-state index in [0.29, 0.717) is 0 Å². The average molecular weight is 341 g/mol. The first kappa shape index (κ1) is 18.8. The van der Waals surface area contributed by atoms with Crippen LogP contribution < -0.4 is 10.8 Å². The minimum atomic E-state index is -1.03. The largest absolute Gasteiger partial charge is 0.497 e. The van der Waals surface area contributed by atoms with Crippen LogP contribution in [0.2, 0.25) is 0 Å². The molecule has 1 N–H and O–H groups in total. The number of carbonyl (C=O) groups is 1. The molecule has 5 nitrogen and oxygen atoms in total. The Bertz CT molecular complexity index is 621. The van der Waals surface area contributed by atoms with Gasteiger partial charge in [0.1, 0.15) is 11.6 Å². The predicted molar refractivity (Wildman–Crippen MR) is 86.3 cm³/mol. The maximum atomic E-state index is 14.4. The van der Waals surface area contributed by atoms with Crippen LogP contribution in [0.4, 0.5) is 8.78 Å². The van der Waals surface area contributed by atoms with E-state index in [-0.39, 0.29) is 24.2 Å². The van der Waals surface area contributed by atoms with E-state index < -0.39 is 35.9 Å². The summed E-state index contributed by atoms with van der Waals surface area (Å²) in [6.07, 6.45) is 0. The number of carbonyl (C=O) groups excluding carboxylic acids is 1. The van der Waals surface area contributed by atoms with Crippen molar-refractivity contribution < 1.29 is 27.6 Å². The van der Waals surface area contributed by atoms with Crippen molar-refractivity contribution in [1.29, 1.82) is 0 Å². The minimum absolute atomic E-state index is 0.0698. The van der Waals surface area contributed by atoms with Gasteiger partial charge in [0.2, 0.25) is 0 Å². The summed E-state index contributed by atoms with van der Waals surface area (Å²) >= 11 is 0. The van der Waals surface area contributed by atoms with Gasteiger partial charge in [-0.2, -0.15) is 0 Å². The Morgan fingerprint density at radius 3 is 2.29 bits per heavy atom. The first-order valence-electron chi connectivity index (χ1n) is 7.71. The molecule has 0 saturated carbocycles. The topological polar surface area (TPSA) is 56.8 Å². The molecule has 1 aliphatic rings. The van der Waals surface area contributed by atoms with Crippen LogP contribution in [0.1, 0.15) is 38.1 Å². The van der Waals surface area contributed by atoms with Crippen LogP contribution in [0.25, 0.3) is 0 Å². The van der Waals surface area contributed by atoms with Gasteiger partial charge in [0.25, 0.3) is 5.91 Å². The molecule has 0 aliphatic carbocycles. The monoisotopic (exact) mass is 341 g/mol. The highest BCUT2D eigenvalue weighted by Crippen LogP contribution is 2.36. The van der Waals surface area contributed by atoms with E-state index in [1.807, 2.05) is 27.7 Å². The Balaban J connectivity index is 2.23. The van der Waals surface area contributed by atoms with Crippen molar-refractivity contribution in [3.63, 3.8) is 0 Å². The Hall–Kier alpha value is -1.51. The number of ether oxygens (including phenoxy) is 1. The van der Waals surface area contributed by atoms with Gasteiger partial charge < -0.3 is 19.4 Å². The van der Waals surface area contributed by atoms with Crippen molar-refractivity contribution in [3.8, 4) is 0 Å². The number of halogens is 2. The van der Waals surface area contributed by atoms with Gasteiger partial charge in [-0.05, 0) is 39.8 Å². The molecule has 1 aliphatic heterocycles. The molecule has 0 spiro atoms. The Morgan fingerprint density at radius 1 is 1.17 bits per heavy atom. The Labute approximate surface area is 140 Å². The fraction of sp³-hybridized carbons (Fsp3) is 0.562. The van der Waals surface area contributed by atoms with E-state index in [1.165, 1.54) is 7.11 Å². The molecule has 0 unspecified atom stereocenters. The normalized spacial score (nSPS) is 18.7. The second kappa shape index (κ2) is 6.78. The minimum Gasteiger partial charge on any atom is -0.399 e. The standard InChI is InChI=1S/C16H22BF2NO4/c1-15(2)16(3,4)24-17(23-15)11-9-12(18)10(8-13(11)19)14(21)20-6-7-22-5/h8-9H,6-7H2,1-5H3,(H,20,21). The zero-order valence-electron chi connectivity index (χ0n) is 14.5. The fourth-order valence-electron chi connectivity index (χ4n) is 2.25. The van der Waals surface area contributed by atoms with E-state index in [2.05, 4.69) is 5.32 Å². The van der Waals surface area contributed by atoms with Crippen LogP contribution in [0.5, 0.6) is 0 Å². The lowest BCUT2D eigenvalue weighted by atomic mass is 9.78. The highest BCUT2D eigenvalue weighted by Gasteiger charge is 2.52. The van der Waals surface area contributed by atoms with Crippen LogP contribution in [-0.4, -0.2) is 44.5 Å². The highest BCUT2D eigenvalue weighted by atomic mass is 19.1. The first-order valence-corrected chi connectivity index (χ1v) is 7.71. The Morgan fingerprint density at radius 2 is 1.75 bits per heavy atom. The molecule has 0 atom stereocenters. The van der Waals surface area contributed by atoms with Crippen LogP contribution >= 0.6 is 0 Å². The maximum absolute atomic E-state index is 14.4. The number of hydrogen-bond donors (Lipinski definition) is 1. The third-order valence-electron chi connectivity index (χ3n) is 4.43. The zero-order chi connectivity index (χ0) is 18.1. The van der Waals surface area contributed by atoms with Gasteiger partial charge in [0.05, 0.1) is 23.4 Å². The van der Waals surface area contributed by atoms with E-state index in [1.54, 1.807) is 0 Å². The first-order chi connectivity index (χ1) is 11.1. The number of rotatable bonds is 5. The molecule has 2 rings (SSSR count). The summed E-state index contributed by atoms with van der Waals surface area (Å²) in [5, 5.41) is 2.45. The third-order valence-corrected chi connectivity index (χ3v) is 4.43. The molecule has 132 valence electrons. The summed E-state index contributed by atoms with van der Waals surface area (Å²) in [6.45, 7) is 7.76. The average Bonchev–Trinajstić information content (AvgIpc) is 2.69. The van der Waals surface area contributed by atoms with Crippen LogP contribution in [-0.2, 0) is 14.0 Å². The van der Waals surface area contributed by atoms with Crippen molar-refractivity contribution >= 4 is 18.5 Å². The third kappa shape index (κ3) is 3.60.